The molecule has 1 N–H and O–H groups in total. The second-order valence-corrected chi connectivity index (χ2v) is 3.22. The van der Waals surface area contributed by atoms with Crippen molar-refractivity contribution in [1.82, 2.24) is 0 Å². The molecule has 1 nitrogen and oxygen atoms in total. The summed E-state index contributed by atoms with van der Waals surface area (Å²) in [6, 6.07) is 4.94. The van der Waals surface area contributed by atoms with E-state index in [2.05, 4.69) is 0 Å². The number of aliphatic hydroxyl groups is 1. The topological polar surface area (TPSA) is 20.2 Å². The van der Waals surface area contributed by atoms with Crippen LogP contribution in [0, 0.1) is 0 Å². The fourth-order valence-corrected chi connectivity index (χ4v) is 1.07. The monoisotopic (exact) mass is 216 g/mol. The summed E-state index contributed by atoms with van der Waals surface area (Å²) in [6.45, 7) is 1.53. The molecule has 1 atom stereocenters. The first-order chi connectivity index (χ1) is 6.89. The minimum absolute atomic E-state index is 0.422. The van der Waals surface area contributed by atoms with Crippen molar-refractivity contribution in [2.45, 2.75) is 19.2 Å². The fourth-order valence-electron chi connectivity index (χ4n) is 1.07. The van der Waals surface area contributed by atoms with Crippen LogP contribution in [-0.4, -0.2) is 11.2 Å². The second-order valence-electron chi connectivity index (χ2n) is 3.22. The SMILES string of the molecule is CC(O)/C=C/c1cccc(C(F)(F)F)c1. The van der Waals surface area contributed by atoms with Crippen LogP contribution in [0.4, 0.5) is 13.2 Å². The molecule has 1 aromatic rings. The van der Waals surface area contributed by atoms with Crippen LogP contribution in [0.25, 0.3) is 6.08 Å². The lowest BCUT2D eigenvalue weighted by Gasteiger charge is -2.06. The number of aliphatic hydroxyl groups excluding tert-OH is 1. The number of rotatable bonds is 2. The van der Waals surface area contributed by atoms with Gasteiger partial charge in [0.1, 0.15) is 0 Å². The summed E-state index contributed by atoms with van der Waals surface area (Å²) >= 11 is 0. The Labute approximate surface area is 85.9 Å². The Kier molecular flexibility index (Phi) is 3.52. The Balaban J connectivity index is 2.93. The summed E-state index contributed by atoms with van der Waals surface area (Å²) < 4.78 is 36.9. The number of alkyl halides is 3. The summed E-state index contributed by atoms with van der Waals surface area (Å²) in [6.07, 6.45) is -2.11. The van der Waals surface area contributed by atoms with Crippen molar-refractivity contribution >= 4 is 6.08 Å². The van der Waals surface area contributed by atoms with E-state index in [1.54, 1.807) is 6.07 Å². The summed E-state index contributed by atoms with van der Waals surface area (Å²) in [7, 11) is 0. The molecule has 1 unspecified atom stereocenters. The zero-order valence-electron chi connectivity index (χ0n) is 8.12. The highest BCUT2D eigenvalue weighted by Crippen LogP contribution is 2.29. The lowest BCUT2D eigenvalue weighted by atomic mass is 10.1. The standard InChI is InChI=1S/C11H11F3O/c1-8(15)5-6-9-3-2-4-10(7-9)11(12,13)14/h2-8,15H,1H3/b6-5+. The molecule has 0 aliphatic rings. The Morgan fingerprint density at radius 2 is 2.00 bits per heavy atom. The first-order valence-corrected chi connectivity index (χ1v) is 4.43. The van der Waals surface area contributed by atoms with Gasteiger partial charge < -0.3 is 5.11 Å². The highest BCUT2D eigenvalue weighted by Gasteiger charge is 2.30. The van der Waals surface area contributed by atoms with E-state index in [0.29, 0.717) is 5.56 Å². The van der Waals surface area contributed by atoms with Gasteiger partial charge in [0.25, 0.3) is 0 Å². The molecular formula is C11H11F3O. The van der Waals surface area contributed by atoms with Crippen LogP contribution in [0.5, 0.6) is 0 Å². The molecule has 82 valence electrons. The average Bonchev–Trinajstić information content (AvgIpc) is 2.14. The summed E-state index contributed by atoms with van der Waals surface area (Å²) in [5.41, 5.74) is -0.263. The number of hydrogen-bond donors (Lipinski definition) is 1. The molecule has 0 heterocycles. The van der Waals surface area contributed by atoms with Crippen LogP contribution >= 0.6 is 0 Å². The Morgan fingerprint density at radius 3 is 2.53 bits per heavy atom. The minimum Gasteiger partial charge on any atom is -0.389 e. The molecule has 1 aromatic carbocycles. The molecular weight excluding hydrogens is 205 g/mol. The maximum atomic E-state index is 12.3. The van der Waals surface area contributed by atoms with Gasteiger partial charge in [-0.3, -0.25) is 0 Å². The first-order valence-electron chi connectivity index (χ1n) is 4.43. The maximum Gasteiger partial charge on any atom is 0.416 e. The van der Waals surface area contributed by atoms with E-state index >= 15 is 0 Å². The van der Waals surface area contributed by atoms with Crippen LogP contribution in [0.2, 0.25) is 0 Å². The lowest BCUT2D eigenvalue weighted by Crippen LogP contribution is -2.04. The number of hydrogen-bond acceptors (Lipinski definition) is 1. The quantitative estimate of drug-likeness (QED) is 0.805. The van der Waals surface area contributed by atoms with Gasteiger partial charge in [-0.2, -0.15) is 13.2 Å². The highest BCUT2D eigenvalue weighted by molar-refractivity contribution is 5.51. The predicted molar refractivity (Wildman–Crippen MR) is 52.2 cm³/mol. The molecule has 0 aliphatic carbocycles. The van der Waals surface area contributed by atoms with Crippen LogP contribution in [0.1, 0.15) is 18.1 Å². The van der Waals surface area contributed by atoms with Gasteiger partial charge in [0.15, 0.2) is 0 Å². The fraction of sp³-hybridized carbons (Fsp3) is 0.273. The maximum absolute atomic E-state index is 12.3. The van der Waals surface area contributed by atoms with Crippen molar-refractivity contribution in [3.05, 3.63) is 41.5 Å². The summed E-state index contributed by atoms with van der Waals surface area (Å²) in [4.78, 5) is 0. The first kappa shape index (κ1) is 11.8. The third-order valence-electron chi connectivity index (χ3n) is 1.78. The van der Waals surface area contributed by atoms with Crippen molar-refractivity contribution in [2.75, 3.05) is 0 Å². The van der Waals surface area contributed by atoms with E-state index in [1.807, 2.05) is 0 Å². The molecule has 0 saturated carbocycles. The van der Waals surface area contributed by atoms with E-state index in [-0.39, 0.29) is 0 Å². The second kappa shape index (κ2) is 4.49. The predicted octanol–water partition coefficient (Wildman–Crippen LogP) is 3.10. The number of halogens is 3. The molecule has 15 heavy (non-hydrogen) atoms. The van der Waals surface area contributed by atoms with Gasteiger partial charge in [-0.1, -0.05) is 24.3 Å². The molecule has 0 spiro atoms. The van der Waals surface area contributed by atoms with E-state index < -0.39 is 17.8 Å². The molecule has 0 bridgehead atoms. The van der Waals surface area contributed by atoms with Crippen LogP contribution in [0.3, 0.4) is 0 Å². The van der Waals surface area contributed by atoms with Gasteiger partial charge in [0.2, 0.25) is 0 Å². The molecule has 4 heteroatoms. The largest absolute Gasteiger partial charge is 0.416 e. The summed E-state index contributed by atoms with van der Waals surface area (Å²) in [5, 5.41) is 8.93. The minimum atomic E-state index is -4.32. The highest BCUT2D eigenvalue weighted by atomic mass is 19.4. The zero-order valence-corrected chi connectivity index (χ0v) is 8.12. The third kappa shape index (κ3) is 3.75. The Morgan fingerprint density at radius 1 is 1.33 bits per heavy atom. The van der Waals surface area contributed by atoms with E-state index in [1.165, 1.54) is 25.1 Å². The number of benzene rings is 1. The Bertz CT molecular complexity index is 353. The van der Waals surface area contributed by atoms with Gasteiger partial charge in [0, 0.05) is 0 Å². The average molecular weight is 216 g/mol. The van der Waals surface area contributed by atoms with Crippen LogP contribution in [-0.2, 0) is 6.18 Å². The van der Waals surface area contributed by atoms with Gasteiger partial charge in [-0.05, 0) is 24.6 Å². The van der Waals surface area contributed by atoms with Gasteiger partial charge in [-0.15, -0.1) is 0 Å². The van der Waals surface area contributed by atoms with Gasteiger partial charge in [-0.25, -0.2) is 0 Å². The van der Waals surface area contributed by atoms with E-state index in [9.17, 15) is 13.2 Å². The van der Waals surface area contributed by atoms with Crippen molar-refractivity contribution in [2.24, 2.45) is 0 Å². The Hall–Kier alpha value is -1.29. The van der Waals surface area contributed by atoms with Gasteiger partial charge in [0.05, 0.1) is 11.7 Å². The van der Waals surface area contributed by atoms with Crippen LogP contribution < -0.4 is 0 Å². The molecule has 0 aromatic heterocycles. The third-order valence-corrected chi connectivity index (χ3v) is 1.78. The van der Waals surface area contributed by atoms with Crippen molar-refractivity contribution in [3.8, 4) is 0 Å². The van der Waals surface area contributed by atoms with Crippen LogP contribution in [0.15, 0.2) is 30.3 Å². The molecule has 0 aliphatic heterocycles. The lowest BCUT2D eigenvalue weighted by molar-refractivity contribution is -0.137. The molecule has 0 fully saturated rings. The normalized spacial score (nSPS) is 14.5. The molecule has 0 radical (unpaired) electrons. The van der Waals surface area contributed by atoms with E-state index in [0.717, 1.165) is 12.1 Å². The molecule has 0 amide bonds. The van der Waals surface area contributed by atoms with Crippen molar-refractivity contribution in [1.29, 1.82) is 0 Å². The summed E-state index contributed by atoms with van der Waals surface area (Å²) in [5.74, 6) is 0. The molecule has 0 saturated heterocycles. The molecule has 1 rings (SSSR count). The van der Waals surface area contributed by atoms with Crippen molar-refractivity contribution < 1.29 is 18.3 Å². The van der Waals surface area contributed by atoms with E-state index in [4.69, 9.17) is 5.11 Å². The smallest absolute Gasteiger partial charge is 0.389 e. The van der Waals surface area contributed by atoms with Crippen molar-refractivity contribution in [3.63, 3.8) is 0 Å². The zero-order chi connectivity index (χ0) is 11.5. The van der Waals surface area contributed by atoms with Gasteiger partial charge >= 0.3 is 6.18 Å².